The Bertz CT molecular complexity index is 1160. The average Bonchev–Trinajstić information content (AvgIpc) is 3.00. The molecule has 1 aromatic carbocycles. The summed E-state index contributed by atoms with van der Waals surface area (Å²) in [5, 5.41) is 23.6. The van der Waals surface area contributed by atoms with E-state index in [2.05, 4.69) is 20.4 Å². The molecule has 1 aromatic rings. The van der Waals surface area contributed by atoms with Crippen LogP contribution in [0.1, 0.15) is 63.2 Å². The molecule has 4 saturated carbocycles. The van der Waals surface area contributed by atoms with Crippen LogP contribution < -0.4 is 4.74 Å². The number of aliphatic hydroxyl groups excluding tert-OH is 2. The highest BCUT2D eigenvalue weighted by Crippen LogP contribution is 2.71. The molecular formula is C30H38O8. The van der Waals surface area contributed by atoms with Gasteiger partial charge in [-0.15, -0.1) is 0 Å². The molecule has 0 amide bonds. The summed E-state index contributed by atoms with van der Waals surface area (Å²) in [6.45, 7) is 9.71. The molecule has 38 heavy (non-hydrogen) atoms. The van der Waals surface area contributed by atoms with Gasteiger partial charge in [0.05, 0.1) is 31.5 Å². The quantitative estimate of drug-likeness (QED) is 0.442. The largest absolute Gasteiger partial charge is 0.497 e. The number of methoxy groups -OCH3 is 1. The molecule has 0 saturated heterocycles. The van der Waals surface area contributed by atoms with Crippen molar-refractivity contribution < 1.29 is 38.8 Å². The second-order valence-corrected chi connectivity index (χ2v) is 12.4. The van der Waals surface area contributed by atoms with Crippen molar-refractivity contribution in [1.82, 2.24) is 0 Å². The SMILES string of the molecule is C=C1C(=O)[C@@]23[C@H](O)C[C@@H]4C(C)(C)CCC[C@@]4(COC(C)=O)[C@@H]2[C@@H](O)C[C@H]1[C@H]3OC(=O)c1ccc(OC)cc1. The Balaban J connectivity index is 1.62. The molecule has 4 fully saturated rings. The summed E-state index contributed by atoms with van der Waals surface area (Å²) in [4.78, 5) is 39.5. The van der Waals surface area contributed by atoms with Crippen LogP contribution in [0.3, 0.4) is 0 Å². The molecule has 0 heterocycles. The molecule has 0 aromatic heterocycles. The summed E-state index contributed by atoms with van der Waals surface area (Å²) in [5.74, 6) is -2.30. The third-order valence-corrected chi connectivity index (χ3v) is 10.2. The second kappa shape index (κ2) is 9.19. The first kappa shape index (κ1) is 26.9. The number of benzene rings is 1. The lowest BCUT2D eigenvalue weighted by Crippen LogP contribution is -2.72. The maximum atomic E-state index is 14.1. The van der Waals surface area contributed by atoms with Gasteiger partial charge in [-0.3, -0.25) is 9.59 Å². The number of fused-ring (bicyclic) bond motifs is 3. The van der Waals surface area contributed by atoms with Gasteiger partial charge < -0.3 is 24.4 Å². The fourth-order valence-electron chi connectivity index (χ4n) is 8.73. The fraction of sp³-hybridized carbons (Fsp3) is 0.633. The highest BCUT2D eigenvalue weighted by Gasteiger charge is 2.78. The van der Waals surface area contributed by atoms with E-state index in [1.54, 1.807) is 24.3 Å². The van der Waals surface area contributed by atoms with Crippen molar-refractivity contribution in [3.05, 3.63) is 42.0 Å². The van der Waals surface area contributed by atoms with E-state index in [9.17, 15) is 24.6 Å². The van der Waals surface area contributed by atoms with Crippen molar-refractivity contribution in [2.75, 3.05) is 13.7 Å². The third-order valence-electron chi connectivity index (χ3n) is 10.2. The summed E-state index contributed by atoms with van der Waals surface area (Å²) < 4.78 is 17.0. The van der Waals surface area contributed by atoms with E-state index < -0.39 is 52.9 Å². The van der Waals surface area contributed by atoms with Gasteiger partial charge in [0.1, 0.15) is 17.3 Å². The van der Waals surface area contributed by atoms with Crippen molar-refractivity contribution in [1.29, 1.82) is 0 Å². The van der Waals surface area contributed by atoms with Crippen LogP contribution in [0, 0.1) is 34.0 Å². The lowest BCUT2D eigenvalue weighted by atomic mass is 9.39. The van der Waals surface area contributed by atoms with Crippen LogP contribution in [-0.2, 0) is 19.1 Å². The van der Waals surface area contributed by atoms with Crippen LogP contribution in [0.4, 0.5) is 0 Å². The Hall–Kier alpha value is -2.71. The molecule has 2 N–H and O–H groups in total. The van der Waals surface area contributed by atoms with Crippen LogP contribution >= 0.6 is 0 Å². The fourth-order valence-corrected chi connectivity index (χ4v) is 8.73. The molecule has 4 aliphatic carbocycles. The molecule has 8 atom stereocenters. The van der Waals surface area contributed by atoms with Crippen LogP contribution in [0.15, 0.2) is 36.4 Å². The Morgan fingerprint density at radius 3 is 2.42 bits per heavy atom. The van der Waals surface area contributed by atoms with Gasteiger partial charge in [0.15, 0.2) is 5.78 Å². The number of aliphatic hydroxyl groups is 2. The monoisotopic (exact) mass is 526 g/mol. The molecule has 2 bridgehead atoms. The van der Waals surface area contributed by atoms with E-state index in [-0.39, 0.29) is 42.1 Å². The lowest BCUT2D eigenvalue weighted by molar-refractivity contribution is -0.264. The van der Waals surface area contributed by atoms with Gasteiger partial charge in [-0.25, -0.2) is 4.79 Å². The van der Waals surface area contributed by atoms with Crippen molar-refractivity contribution in [2.24, 2.45) is 34.0 Å². The van der Waals surface area contributed by atoms with Gasteiger partial charge in [-0.2, -0.15) is 0 Å². The predicted octanol–water partition coefficient (Wildman–Crippen LogP) is 3.48. The van der Waals surface area contributed by atoms with E-state index in [1.165, 1.54) is 14.0 Å². The second-order valence-electron chi connectivity index (χ2n) is 12.4. The third kappa shape index (κ3) is 3.67. The van der Waals surface area contributed by atoms with Crippen LogP contribution in [0.2, 0.25) is 0 Å². The Morgan fingerprint density at radius 1 is 1.11 bits per heavy atom. The minimum atomic E-state index is -1.56. The number of hydrogen-bond acceptors (Lipinski definition) is 8. The lowest BCUT2D eigenvalue weighted by Gasteiger charge is -2.66. The Morgan fingerprint density at radius 2 is 1.79 bits per heavy atom. The molecule has 0 aliphatic heterocycles. The molecule has 0 radical (unpaired) electrons. The van der Waals surface area contributed by atoms with Gasteiger partial charge in [-0.05, 0) is 66.9 Å². The summed E-state index contributed by atoms with van der Waals surface area (Å²) in [6, 6.07) is 6.48. The first-order chi connectivity index (χ1) is 17.9. The number of ether oxygens (including phenoxy) is 3. The molecule has 206 valence electrons. The van der Waals surface area contributed by atoms with Gasteiger partial charge in [-0.1, -0.05) is 26.8 Å². The minimum Gasteiger partial charge on any atom is -0.497 e. The van der Waals surface area contributed by atoms with E-state index in [0.29, 0.717) is 17.7 Å². The zero-order valence-corrected chi connectivity index (χ0v) is 22.6. The number of esters is 2. The van der Waals surface area contributed by atoms with E-state index in [0.717, 1.165) is 12.8 Å². The molecular weight excluding hydrogens is 488 g/mol. The van der Waals surface area contributed by atoms with Crippen LogP contribution in [0.5, 0.6) is 5.75 Å². The minimum absolute atomic E-state index is 0.0379. The summed E-state index contributed by atoms with van der Waals surface area (Å²) >= 11 is 0. The summed E-state index contributed by atoms with van der Waals surface area (Å²) in [5.41, 5.74) is -1.98. The first-order valence-electron chi connectivity index (χ1n) is 13.5. The van der Waals surface area contributed by atoms with Gasteiger partial charge in [0.2, 0.25) is 0 Å². The van der Waals surface area contributed by atoms with Crippen molar-refractivity contribution >= 4 is 17.7 Å². The van der Waals surface area contributed by atoms with Crippen LogP contribution in [-0.4, -0.2) is 60.0 Å². The van der Waals surface area contributed by atoms with Crippen molar-refractivity contribution in [3.63, 3.8) is 0 Å². The number of carbonyl (C=O) groups is 3. The molecule has 1 spiro atoms. The van der Waals surface area contributed by atoms with Gasteiger partial charge in [0, 0.05) is 24.2 Å². The molecule has 8 nitrogen and oxygen atoms in total. The molecule has 0 unspecified atom stereocenters. The maximum absolute atomic E-state index is 14.1. The van der Waals surface area contributed by atoms with Crippen LogP contribution in [0.25, 0.3) is 0 Å². The van der Waals surface area contributed by atoms with E-state index >= 15 is 0 Å². The topological polar surface area (TPSA) is 119 Å². The van der Waals surface area contributed by atoms with Crippen molar-refractivity contribution in [3.8, 4) is 5.75 Å². The average molecular weight is 527 g/mol. The summed E-state index contributed by atoms with van der Waals surface area (Å²) in [6.07, 6.45) is -0.261. The van der Waals surface area contributed by atoms with Crippen molar-refractivity contribution in [2.45, 2.75) is 71.2 Å². The molecule has 5 rings (SSSR count). The maximum Gasteiger partial charge on any atom is 0.338 e. The molecule has 8 heteroatoms. The Kier molecular flexibility index (Phi) is 6.50. The van der Waals surface area contributed by atoms with Gasteiger partial charge in [0.25, 0.3) is 0 Å². The number of carbonyl (C=O) groups excluding carboxylic acids is 3. The highest BCUT2D eigenvalue weighted by molar-refractivity contribution is 6.05. The zero-order chi connectivity index (χ0) is 27.6. The first-order valence-corrected chi connectivity index (χ1v) is 13.5. The summed E-state index contributed by atoms with van der Waals surface area (Å²) in [7, 11) is 1.53. The standard InChI is InChI=1S/C30H38O8/c1-16-20-13-21(32)24-29(15-37-17(2)31)12-6-11-28(3,4)22(29)14-23(33)30(24,25(16)34)26(20)38-27(35)18-7-9-19(36-5)10-8-18/h7-10,20-24,26,32-33H,1,6,11-15H2,2-5H3/t20-,21+,22-,23-,24+,26-,29+,30-/m1/s1. The van der Waals surface area contributed by atoms with Gasteiger partial charge >= 0.3 is 11.9 Å². The zero-order valence-electron chi connectivity index (χ0n) is 22.6. The van der Waals surface area contributed by atoms with E-state index in [4.69, 9.17) is 14.2 Å². The number of ketones is 1. The highest BCUT2D eigenvalue weighted by atomic mass is 16.5. The normalized spacial score (nSPS) is 39.1. The smallest absolute Gasteiger partial charge is 0.338 e. The number of Topliss-reactive ketones (excluding diaryl/α,β-unsaturated/α-hetero) is 1. The number of hydrogen-bond donors (Lipinski definition) is 2. The Labute approximate surface area is 223 Å². The number of rotatable bonds is 5. The predicted molar refractivity (Wildman–Crippen MR) is 137 cm³/mol. The molecule has 4 aliphatic rings. The van der Waals surface area contributed by atoms with E-state index in [1.807, 2.05) is 0 Å².